The molecule has 0 saturated carbocycles. The molecule has 10 heteroatoms. The van der Waals surface area contributed by atoms with Gasteiger partial charge in [0.05, 0.1) is 7.11 Å². The Morgan fingerprint density at radius 3 is 2.44 bits per heavy atom. The second-order valence-electron chi connectivity index (χ2n) is 6.06. The van der Waals surface area contributed by atoms with Crippen LogP contribution in [0.4, 0.5) is 8.78 Å². The van der Waals surface area contributed by atoms with Gasteiger partial charge in [-0.05, 0) is 23.8 Å². The molecule has 0 spiro atoms. The van der Waals surface area contributed by atoms with Crippen molar-refractivity contribution in [1.29, 1.82) is 0 Å². The Balaban J connectivity index is 1.67. The Hall–Kier alpha value is -1.81. The fourth-order valence-corrected chi connectivity index (χ4v) is 4.88. The van der Waals surface area contributed by atoms with Gasteiger partial charge in [-0.3, -0.25) is 4.90 Å². The van der Waals surface area contributed by atoms with E-state index in [1.54, 1.807) is 12.1 Å². The van der Waals surface area contributed by atoms with Crippen molar-refractivity contribution in [3.8, 4) is 5.75 Å². The Morgan fingerprint density at radius 2 is 1.85 bits per heavy atom. The number of pyridine rings is 1. The highest BCUT2D eigenvalue weighted by molar-refractivity contribution is 7.89. The maximum absolute atomic E-state index is 14.0. The third-order valence-electron chi connectivity index (χ3n) is 4.36. The van der Waals surface area contributed by atoms with Gasteiger partial charge in [0, 0.05) is 38.9 Å². The molecule has 1 aromatic heterocycles. The van der Waals surface area contributed by atoms with E-state index >= 15 is 0 Å². The standard InChI is InChI=1S/C17H18ClF2N3O3S/c1-26-15-3-2-12(10-14(15)20)11-22-6-8-23(9-7-22)27(24,25)16-13(19)4-5-21-17(16)18/h2-5,10H,6-9,11H2,1H3. The zero-order valence-electron chi connectivity index (χ0n) is 14.5. The average molecular weight is 418 g/mol. The molecule has 6 nitrogen and oxygen atoms in total. The first-order valence-electron chi connectivity index (χ1n) is 8.18. The first-order valence-corrected chi connectivity index (χ1v) is 9.99. The first-order chi connectivity index (χ1) is 12.8. The molecule has 1 saturated heterocycles. The van der Waals surface area contributed by atoms with E-state index in [9.17, 15) is 17.2 Å². The number of benzene rings is 1. The van der Waals surface area contributed by atoms with Crippen LogP contribution < -0.4 is 4.74 Å². The maximum atomic E-state index is 14.0. The lowest BCUT2D eigenvalue weighted by atomic mass is 10.2. The number of halogens is 3. The summed E-state index contributed by atoms with van der Waals surface area (Å²) in [5.74, 6) is -1.20. The van der Waals surface area contributed by atoms with Gasteiger partial charge in [0.15, 0.2) is 21.6 Å². The van der Waals surface area contributed by atoms with Crippen molar-refractivity contribution >= 4 is 21.6 Å². The molecular formula is C17H18ClF2N3O3S. The summed E-state index contributed by atoms with van der Waals surface area (Å²) >= 11 is 5.80. The van der Waals surface area contributed by atoms with Crippen molar-refractivity contribution in [2.45, 2.75) is 11.4 Å². The van der Waals surface area contributed by atoms with Crippen LogP contribution in [0.15, 0.2) is 35.4 Å². The molecule has 1 aliphatic heterocycles. The van der Waals surface area contributed by atoms with Crippen LogP contribution in [-0.4, -0.2) is 55.9 Å². The number of sulfonamides is 1. The minimum atomic E-state index is -4.07. The normalized spacial score (nSPS) is 16.4. The number of hydrogen-bond donors (Lipinski definition) is 0. The molecule has 0 bridgehead atoms. The maximum Gasteiger partial charge on any atom is 0.249 e. The highest BCUT2D eigenvalue weighted by atomic mass is 35.5. The summed E-state index contributed by atoms with van der Waals surface area (Å²) < 4.78 is 59.2. The van der Waals surface area contributed by atoms with E-state index < -0.39 is 26.6 Å². The van der Waals surface area contributed by atoms with Crippen LogP contribution in [0.2, 0.25) is 5.15 Å². The lowest BCUT2D eigenvalue weighted by Gasteiger charge is -2.34. The first kappa shape index (κ1) is 19.9. The molecule has 1 aromatic carbocycles. The predicted octanol–water partition coefficient (Wildman–Crippen LogP) is 2.53. The van der Waals surface area contributed by atoms with Gasteiger partial charge in [0.1, 0.15) is 5.82 Å². The molecule has 0 N–H and O–H groups in total. The van der Waals surface area contributed by atoms with Gasteiger partial charge in [-0.1, -0.05) is 17.7 Å². The minimum Gasteiger partial charge on any atom is -0.494 e. The van der Waals surface area contributed by atoms with E-state index in [0.717, 1.165) is 17.8 Å². The van der Waals surface area contributed by atoms with Crippen molar-refractivity contribution in [3.05, 3.63) is 52.8 Å². The topological polar surface area (TPSA) is 62.7 Å². The summed E-state index contributed by atoms with van der Waals surface area (Å²) in [4.78, 5) is 5.05. The van der Waals surface area contributed by atoms with Gasteiger partial charge < -0.3 is 4.74 Å². The van der Waals surface area contributed by atoms with Crippen LogP contribution in [0.1, 0.15) is 5.56 Å². The number of methoxy groups -OCH3 is 1. The number of hydrogen-bond acceptors (Lipinski definition) is 5. The SMILES string of the molecule is COc1ccc(CN2CCN(S(=O)(=O)c3c(F)ccnc3Cl)CC2)cc1F. The quantitative estimate of drug-likeness (QED) is 0.699. The van der Waals surface area contributed by atoms with Crippen molar-refractivity contribution in [1.82, 2.24) is 14.2 Å². The fraction of sp³-hybridized carbons (Fsp3) is 0.353. The Kier molecular flexibility index (Phi) is 5.95. The molecular weight excluding hydrogens is 400 g/mol. The number of aromatic nitrogens is 1. The van der Waals surface area contributed by atoms with Gasteiger partial charge >= 0.3 is 0 Å². The number of piperazine rings is 1. The van der Waals surface area contributed by atoms with Crippen molar-refractivity contribution in [2.24, 2.45) is 0 Å². The Bertz CT molecular complexity index is 915. The summed E-state index contributed by atoms with van der Waals surface area (Å²) in [6.45, 7) is 1.66. The zero-order chi connectivity index (χ0) is 19.6. The van der Waals surface area contributed by atoms with Gasteiger partial charge in [-0.25, -0.2) is 22.2 Å². The van der Waals surface area contributed by atoms with E-state index in [1.807, 2.05) is 4.90 Å². The lowest BCUT2D eigenvalue weighted by Crippen LogP contribution is -2.48. The van der Waals surface area contributed by atoms with Crippen LogP contribution in [0.3, 0.4) is 0 Å². The van der Waals surface area contributed by atoms with Crippen LogP contribution in [-0.2, 0) is 16.6 Å². The third kappa shape index (κ3) is 4.21. The average Bonchev–Trinajstić information content (AvgIpc) is 2.62. The smallest absolute Gasteiger partial charge is 0.249 e. The Morgan fingerprint density at radius 1 is 1.15 bits per heavy atom. The second kappa shape index (κ2) is 8.05. The van der Waals surface area contributed by atoms with Crippen molar-refractivity contribution in [3.63, 3.8) is 0 Å². The molecule has 0 atom stereocenters. The van der Waals surface area contributed by atoms with Gasteiger partial charge in [-0.2, -0.15) is 4.31 Å². The molecule has 2 heterocycles. The second-order valence-corrected chi connectivity index (χ2v) is 8.29. The summed E-state index contributed by atoms with van der Waals surface area (Å²) in [5, 5.41) is -0.383. The third-order valence-corrected chi connectivity index (χ3v) is 6.71. The van der Waals surface area contributed by atoms with Crippen LogP contribution in [0, 0.1) is 11.6 Å². The van der Waals surface area contributed by atoms with Gasteiger partial charge in [0.25, 0.3) is 0 Å². The molecule has 0 radical (unpaired) electrons. The lowest BCUT2D eigenvalue weighted by molar-refractivity contribution is 0.181. The number of nitrogens with zero attached hydrogens (tertiary/aromatic N) is 3. The molecule has 2 aromatic rings. The predicted molar refractivity (Wildman–Crippen MR) is 96.2 cm³/mol. The Labute approximate surface area is 161 Å². The molecule has 1 fully saturated rings. The van der Waals surface area contributed by atoms with Crippen LogP contribution in [0.25, 0.3) is 0 Å². The van der Waals surface area contributed by atoms with E-state index in [-0.39, 0.29) is 24.0 Å². The van der Waals surface area contributed by atoms with Gasteiger partial charge in [0.2, 0.25) is 10.0 Å². The number of ether oxygens (including phenoxy) is 1. The van der Waals surface area contributed by atoms with Crippen molar-refractivity contribution < 1.29 is 21.9 Å². The molecule has 146 valence electrons. The summed E-state index contributed by atoms with van der Waals surface area (Å²) in [7, 11) is -2.68. The number of rotatable bonds is 5. The molecule has 0 aliphatic carbocycles. The summed E-state index contributed by atoms with van der Waals surface area (Å²) in [6.07, 6.45) is 1.11. The highest BCUT2D eigenvalue weighted by Gasteiger charge is 2.33. The monoisotopic (exact) mass is 417 g/mol. The van der Waals surface area contributed by atoms with Crippen LogP contribution >= 0.6 is 11.6 Å². The molecule has 0 unspecified atom stereocenters. The fourth-order valence-electron chi connectivity index (χ4n) is 2.95. The zero-order valence-corrected chi connectivity index (χ0v) is 16.1. The van der Waals surface area contributed by atoms with E-state index in [1.165, 1.54) is 17.5 Å². The highest BCUT2D eigenvalue weighted by Crippen LogP contribution is 2.26. The molecule has 0 amide bonds. The summed E-state index contributed by atoms with van der Waals surface area (Å²) in [6, 6.07) is 5.67. The largest absolute Gasteiger partial charge is 0.494 e. The minimum absolute atomic E-state index is 0.171. The molecule has 27 heavy (non-hydrogen) atoms. The van der Waals surface area contributed by atoms with Crippen LogP contribution in [0.5, 0.6) is 5.75 Å². The molecule has 3 rings (SSSR count). The molecule has 1 aliphatic rings. The van der Waals surface area contributed by atoms with E-state index in [4.69, 9.17) is 16.3 Å². The van der Waals surface area contributed by atoms with Gasteiger partial charge in [-0.15, -0.1) is 0 Å². The van der Waals surface area contributed by atoms with E-state index in [2.05, 4.69) is 4.98 Å². The van der Waals surface area contributed by atoms with Crippen molar-refractivity contribution in [2.75, 3.05) is 33.3 Å². The van der Waals surface area contributed by atoms with E-state index in [0.29, 0.717) is 19.6 Å². The summed E-state index contributed by atoms with van der Waals surface area (Å²) in [5.41, 5.74) is 0.756.